The second kappa shape index (κ2) is 11.6. The van der Waals surface area contributed by atoms with Crippen molar-refractivity contribution < 1.29 is 27.0 Å². The van der Waals surface area contributed by atoms with Crippen LogP contribution in [0.3, 0.4) is 0 Å². The molecule has 0 aliphatic carbocycles. The topological polar surface area (TPSA) is 49.7 Å². The van der Waals surface area contributed by atoms with Gasteiger partial charge in [0, 0.05) is 14.0 Å². The third-order valence-corrected chi connectivity index (χ3v) is 0.497. The Morgan fingerprint density at radius 3 is 1.60 bits per heavy atom. The van der Waals surface area contributed by atoms with Crippen LogP contribution in [0, 0.1) is 0 Å². The van der Waals surface area contributed by atoms with Crippen LogP contribution in [0.15, 0.2) is 4.99 Å². The zero-order valence-electron chi connectivity index (χ0n) is 6.01. The predicted octanol–water partition coefficient (Wildman–Crippen LogP) is 0.670. The summed E-state index contributed by atoms with van der Waals surface area (Å²) >= 11 is 4.53. The van der Waals surface area contributed by atoms with E-state index in [1.54, 1.807) is 14.0 Å². The van der Waals surface area contributed by atoms with Crippen LogP contribution in [0.2, 0.25) is 0 Å². The van der Waals surface area contributed by atoms with Crippen LogP contribution < -0.4 is 0 Å². The summed E-state index contributed by atoms with van der Waals surface area (Å²) in [6, 6.07) is 0. The molecule has 0 bridgehead atoms. The molecule has 3 nitrogen and oxygen atoms in total. The molecule has 5 heteroatoms. The molecule has 0 radical (unpaired) electrons. The Balaban J connectivity index is -0.0000000910. The van der Waals surface area contributed by atoms with Crippen molar-refractivity contribution in [3.05, 3.63) is 0 Å². The van der Waals surface area contributed by atoms with Gasteiger partial charge in [-0.1, -0.05) is 0 Å². The Morgan fingerprint density at radius 2 is 1.60 bits per heavy atom. The van der Waals surface area contributed by atoms with Crippen LogP contribution in [0.5, 0.6) is 0 Å². The molecule has 64 valence electrons. The first-order valence-electron chi connectivity index (χ1n) is 2.30. The summed E-state index contributed by atoms with van der Waals surface area (Å²) in [5, 5.41) is 8.13. The molecule has 0 saturated carbocycles. The first-order valence-corrected chi connectivity index (χ1v) is 2.71. The quantitative estimate of drug-likeness (QED) is 0.277. The molecule has 10 heavy (non-hydrogen) atoms. The van der Waals surface area contributed by atoms with E-state index in [-0.39, 0.29) is 17.1 Å². The van der Waals surface area contributed by atoms with E-state index < -0.39 is 5.97 Å². The van der Waals surface area contributed by atoms with Gasteiger partial charge in [-0.25, -0.2) is 0 Å². The van der Waals surface area contributed by atoms with E-state index >= 15 is 0 Å². The van der Waals surface area contributed by atoms with E-state index in [4.69, 9.17) is 9.90 Å². The molecule has 0 aliphatic rings. The van der Waals surface area contributed by atoms with Crippen LogP contribution in [-0.2, 0) is 34.5 Å². The number of carbonyl (C=O) groups is 1. The molecule has 0 amide bonds. The van der Waals surface area contributed by atoms with Crippen LogP contribution in [-0.4, -0.2) is 23.2 Å². The van der Waals surface area contributed by atoms with Gasteiger partial charge in [0.1, 0.15) is 0 Å². The van der Waals surface area contributed by atoms with Crippen molar-refractivity contribution in [1.82, 2.24) is 0 Å². The minimum absolute atomic E-state index is 0. The Kier molecular flexibility index (Phi) is 19.2. The summed E-state index contributed by atoms with van der Waals surface area (Å²) < 4.78 is 0. The third kappa shape index (κ3) is 106. The molecule has 0 fully saturated rings. The van der Waals surface area contributed by atoms with Crippen LogP contribution in [0.25, 0.3) is 0 Å². The molecule has 0 spiro atoms. The van der Waals surface area contributed by atoms with Crippen molar-refractivity contribution in [3.8, 4) is 0 Å². The van der Waals surface area contributed by atoms with Crippen molar-refractivity contribution >= 4 is 23.6 Å². The van der Waals surface area contributed by atoms with Crippen LogP contribution in [0.4, 0.5) is 0 Å². The first-order chi connectivity index (χ1) is 4.00. The molecular weight excluding hydrogens is 202 g/mol. The summed E-state index contributed by atoms with van der Waals surface area (Å²) in [6.45, 7) is 2.87. The zero-order valence-corrected chi connectivity index (χ0v) is 7.77. The van der Waals surface area contributed by atoms with Gasteiger partial charge in [-0.05, 0) is 6.92 Å². The molecule has 0 aromatic heterocycles. The van der Waals surface area contributed by atoms with Gasteiger partial charge in [-0.3, -0.25) is 4.79 Å². The largest absolute Gasteiger partial charge is 1.00 e. The number of hydrogen-bond acceptors (Lipinski definition) is 3. The van der Waals surface area contributed by atoms with Gasteiger partial charge in [0.2, 0.25) is 0 Å². The van der Waals surface area contributed by atoms with Crippen molar-refractivity contribution in [2.45, 2.75) is 13.8 Å². The van der Waals surface area contributed by atoms with E-state index in [0.29, 0.717) is 5.04 Å². The van der Waals surface area contributed by atoms with E-state index in [1.807, 2.05) is 0 Å². The summed E-state index contributed by atoms with van der Waals surface area (Å²) in [7, 11) is 1.68. The van der Waals surface area contributed by atoms with Gasteiger partial charge >= 0.3 is 17.1 Å². The molecule has 0 heterocycles. The van der Waals surface area contributed by atoms with Crippen LogP contribution in [0.1, 0.15) is 13.8 Å². The molecule has 0 aromatic carbocycles. The molecule has 1 N–H and O–H groups in total. The number of aliphatic carboxylic acids is 1. The number of aliphatic imine (C=N–C) groups is 1. The number of rotatable bonds is 0. The standard InChI is InChI=1S/C3H7NS.C2H4O2.Cu/c1-3(5)4-2;1-2(3)4;/h1-2H3,(H,4,5);1H3,(H,3,4);/q;;+1/p-1. The molecule has 0 aromatic rings. The third-order valence-electron chi connectivity index (χ3n) is 0.315. The maximum atomic E-state index is 9.00. The van der Waals surface area contributed by atoms with Gasteiger partial charge in [0.25, 0.3) is 5.97 Å². The van der Waals surface area contributed by atoms with Gasteiger partial charge in [-0.2, -0.15) is 0 Å². The van der Waals surface area contributed by atoms with Crippen molar-refractivity contribution in [2.24, 2.45) is 4.99 Å². The fourth-order valence-electron chi connectivity index (χ4n) is 0. The first kappa shape index (κ1) is 16.5. The number of nitrogens with zero attached hydrogens (tertiary/aromatic N) is 1. The van der Waals surface area contributed by atoms with E-state index in [0.717, 1.165) is 6.92 Å². The smallest absolute Gasteiger partial charge is 0.765 e. The number of carboxylic acids is 1. The predicted molar refractivity (Wildman–Crippen MR) is 39.7 cm³/mol. The molecule has 0 rings (SSSR count). The normalized spacial score (nSPS) is 8.50. The zero-order chi connectivity index (χ0) is 7.86. The van der Waals surface area contributed by atoms with E-state index in [1.165, 1.54) is 0 Å². The van der Waals surface area contributed by atoms with Crippen molar-refractivity contribution in [1.29, 1.82) is 0 Å². The second-order valence-electron chi connectivity index (χ2n) is 1.26. The molecule has 0 atom stereocenters. The molecule has 0 aliphatic heterocycles. The summed E-state index contributed by atoms with van der Waals surface area (Å²) in [5.41, 5.74) is 0. The second-order valence-corrected chi connectivity index (χ2v) is 1.85. The Bertz CT molecular complexity index is 108. The minimum Gasteiger partial charge on any atom is -0.765 e. The Hall–Kier alpha value is -0.121. The number of carboxylic acid groups (broad SMARTS) is 1. The Morgan fingerprint density at radius 1 is 1.50 bits per heavy atom. The van der Waals surface area contributed by atoms with Gasteiger partial charge < -0.3 is 22.7 Å². The summed E-state index contributed by atoms with van der Waals surface area (Å²) in [6.07, 6.45) is 0. The average Bonchev–Trinajstić information content (AvgIpc) is 1.65. The van der Waals surface area contributed by atoms with Gasteiger partial charge in [0.15, 0.2) is 0 Å². The SMILES string of the molecule is CC(=O)O.CN=C(C)[S-].[Cu+]. The monoisotopic (exact) mass is 211 g/mol. The molecular formula is C5H10CuNO2S. The Labute approximate surface area is 76.8 Å². The van der Waals surface area contributed by atoms with E-state index in [9.17, 15) is 0 Å². The summed E-state index contributed by atoms with van der Waals surface area (Å²) in [4.78, 5) is 12.6. The molecule has 0 unspecified atom stereocenters. The number of hydrogen-bond donors (Lipinski definition) is 1. The average molecular weight is 212 g/mol. The van der Waals surface area contributed by atoms with Crippen LogP contribution >= 0.6 is 0 Å². The van der Waals surface area contributed by atoms with E-state index in [2.05, 4.69) is 17.6 Å². The minimum atomic E-state index is -0.833. The van der Waals surface area contributed by atoms with Gasteiger partial charge in [0.05, 0.1) is 0 Å². The maximum absolute atomic E-state index is 9.00. The fraction of sp³-hybridized carbons (Fsp3) is 0.600. The fourth-order valence-corrected chi connectivity index (χ4v) is 0. The molecule has 0 saturated heterocycles. The van der Waals surface area contributed by atoms with Crippen molar-refractivity contribution in [3.63, 3.8) is 0 Å². The maximum Gasteiger partial charge on any atom is 1.00 e. The van der Waals surface area contributed by atoms with Gasteiger partial charge in [-0.15, -0.1) is 5.04 Å². The summed E-state index contributed by atoms with van der Waals surface area (Å²) in [5.74, 6) is -0.833. The van der Waals surface area contributed by atoms with Crippen molar-refractivity contribution in [2.75, 3.05) is 7.05 Å².